The lowest BCUT2D eigenvalue weighted by atomic mass is 10.1. The third-order valence-corrected chi connectivity index (χ3v) is 4.64. The lowest BCUT2D eigenvalue weighted by molar-refractivity contribution is -0.0194. The van der Waals surface area contributed by atoms with Gasteiger partial charge in [0.2, 0.25) is 5.95 Å². The summed E-state index contributed by atoms with van der Waals surface area (Å²) in [5.74, 6) is -2.98. The van der Waals surface area contributed by atoms with Gasteiger partial charge in [-0.15, -0.1) is 0 Å². The Morgan fingerprint density at radius 3 is 2.54 bits per heavy atom. The Hall–Kier alpha value is -3.13. The summed E-state index contributed by atoms with van der Waals surface area (Å²) in [6.45, 7) is -1.46. The maximum Gasteiger partial charge on any atom is 0.283 e. The zero-order chi connectivity index (χ0) is 19.7. The number of β-amino-alcohol motifs (C(OH)–C–C–N with tert-alkyl or cyclic N) is 1. The van der Waals surface area contributed by atoms with Crippen LogP contribution in [0.5, 0.6) is 0 Å². The molecule has 8 heteroatoms. The Morgan fingerprint density at radius 1 is 1.11 bits per heavy atom. The van der Waals surface area contributed by atoms with Gasteiger partial charge in [-0.05, 0) is 17.7 Å². The van der Waals surface area contributed by atoms with Crippen LogP contribution in [0.4, 0.5) is 14.7 Å². The highest BCUT2D eigenvalue weighted by atomic mass is 19.3. The number of aliphatic hydroxyl groups is 1. The van der Waals surface area contributed by atoms with Crippen molar-refractivity contribution in [2.75, 3.05) is 18.0 Å². The van der Waals surface area contributed by atoms with Gasteiger partial charge in [-0.3, -0.25) is 14.3 Å². The molecule has 1 N–H and O–H groups in total. The van der Waals surface area contributed by atoms with E-state index in [-0.39, 0.29) is 12.5 Å². The maximum absolute atomic E-state index is 14.3. The SMILES string of the molecule is O=c1cc(-c2ccncc2)nc2n1CC(F)(F)CN2C[C@@H](O)c1ccccc1. The summed E-state index contributed by atoms with van der Waals surface area (Å²) in [6.07, 6.45) is 2.14. The van der Waals surface area contributed by atoms with E-state index in [0.29, 0.717) is 16.8 Å². The number of anilines is 1. The molecule has 0 saturated carbocycles. The van der Waals surface area contributed by atoms with Gasteiger partial charge < -0.3 is 10.0 Å². The van der Waals surface area contributed by atoms with Crippen molar-refractivity contribution in [3.05, 3.63) is 76.8 Å². The van der Waals surface area contributed by atoms with Crippen molar-refractivity contribution in [3.63, 3.8) is 0 Å². The average molecular weight is 384 g/mol. The molecule has 0 unspecified atom stereocenters. The van der Waals surface area contributed by atoms with Crippen LogP contribution in [0, 0.1) is 0 Å². The third kappa shape index (κ3) is 3.63. The number of nitrogens with zero attached hydrogens (tertiary/aromatic N) is 4. The van der Waals surface area contributed by atoms with Gasteiger partial charge >= 0.3 is 0 Å². The number of hydrogen-bond donors (Lipinski definition) is 1. The maximum atomic E-state index is 14.3. The molecule has 0 saturated heterocycles. The lowest BCUT2D eigenvalue weighted by Gasteiger charge is -2.36. The normalized spacial score (nSPS) is 16.5. The fraction of sp³-hybridized carbons (Fsp3) is 0.250. The first-order chi connectivity index (χ1) is 13.4. The summed E-state index contributed by atoms with van der Waals surface area (Å²) in [6, 6.07) is 13.4. The van der Waals surface area contributed by atoms with E-state index in [2.05, 4.69) is 9.97 Å². The lowest BCUT2D eigenvalue weighted by Crippen LogP contribution is -2.50. The number of pyridine rings is 1. The fourth-order valence-corrected chi connectivity index (χ4v) is 3.32. The Kier molecular flexibility index (Phi) is 4.64. The summed E-state index contributed by atoms with van der Waals surface area (Å²) in [5.41, 5.74) is 1.09. The molecule has 4 rings (SSSR count). The number of aliphatic hydroxyl groups excluding tert-OH is 1. The number of aromatic nitrogens is 3. The molecular weight excluding hydrogens is 366 g/mol. The molecule has 3 aromatic rings. The molecule has 1 aliphatic heterocycles. The molecule has 0 aliphatic carbocycles. The summed E-state index contributed by atoms with van der Waals surface area (Å²) in [5, 5.41) is 10.5. The molecule has 1 aliphatic rings. The van der Waals surface area contributed by atoms with Crippen LogP contribution in [0.3, 0.4) is 0 Å². The predicted molar refractivity (Wildman–Crippen MR) is 100 cm³/mol. The van der Waals surface area contributed by atoms with Crippen LogP contribution < -0.4 is 10.5 Å². The van der Waals surface area contributed by atoms with Crippen LogP contribution in [-0.2, 0) is 6.54 Å². The minimum absolute atomic E-state index is 0.105. The van der Waals surface area contributed by atoms with Crippen molar-refractivity contribution in [1.29, 1.82) is 0 Å². The van der Waals surface area contributed by atoms with Crippen LogP contribution in [0.15, 0.2) is 65.7 Å². The molecule has 28 heavy (non-hydrogen) atoms. The highest BCUT2D eigenvalue weighted by molar-refractivity contribution is 5.59. The van der Waals surface area contributed by atoms with E-state index in [1.54, 1.807) is 48.8 Å². The number of halogens is 2. The van der Waals surface area contributed by atoms with E-state index >= 15 is 0 Å². The summed E-state index contributed by atoms with van der Waals surface area (Å²) in [4.78, 5) is 22.2. The van der Waals surface area contributed by atoms with Crippen molar-refractivity contribution in [2.24, 2.45) is 0 Å². The molecule has 6 nitrogen and oxygen atoms in total. The molecular formula is C20H18F2N4O2. The van der Waals surface area contributed by atoms with Gasteiger partial charge in [0.25, 0.3) is 11.5 Å². The van der Waals surface area contributed by atoms with Crippen LogP contribution in [0.1, 0.15) is 11.7 Å². The first-order valence-corrected chi connectivity index (χ1v) is 8.81. The predicted octanol–water partition coefficient (Wildman–Crippen LogP) is 2.49. The van der Waals surface area contributed by atoms with Gasteiger partial charge in [-0.25, -0.2) is 13.8 Å². The second-order valence-corrected chi connectivity index (χ2v) is 6.76. The van der Waals surface area contributed by atoms with E-state index in [0.717, 1.165) is 4.57 Å². The Labute approximate surface area is 159 Å². The smallest absolute Gasteiger partial charge is 0.283 e. The average Bonchev–Trinajstić information content (AvgIpc) is 2.69. The van der Waals surface area contributed by atoms with Crippen LogP contribution in [-0.4, -0.2) is 38.7 Å². The van der Waals surface area contributed by atoms with Crippen LogP contribution in [0.25, 0.3) is 11.3 Å². The van der Waals surface area contributed by atoms with Gasteiger partial charge in [0.1, 0.15) is 0 Å². The van der Waals surface area contributed by atoms with Gasteiger partial charge in [-0.1, -0.05) is 30.3 Å². The minimum Gasteiger partial charge on any atom is -0.387 e. The number of alkyl halides is 2. The Balaban J connectivity index is 1.74. The van der Waals surface area contributed by atoms with Crippen molar-refractivity contribution >= 4 is 5.95 Å². The number of fused-ring (bicyclic) bond motifs is 1. The van der Waals surface area contributed by atoms with Crippen molar-refractivity contribution in [2.45, 2.75) is 18.6 Å². The quantitative estimate of drug-likeness (QED) is 0.748. The zero-order valence-corrected chi connectivity index (χ0v) is 14.9. The van der Waals surface area contributed by atoms with Crippen LogP contribution in [0.2, 0.25) is 0 Å². The van der Waals surface area contributed by atoms with E-state index in [1.807, 2.05) is 6.07 Å². The van der Waals surface area contributed by atoms with Gasteiger partial charge in [0.15, 0.2) is 0 Å². The molecule has 0 bridgehead atoms. The van der Waals surface area contributed by atoms with E-state index < -0.39 is 30.7 Å². The molecule has 144 valence electrons. The zero-order valence-electron chi connectivity index (χ0n) is 14.9. The number of rotatable bonds is 4. The second-order valence-electron chi connectivity index (χ2n) is 6.76. The topological polar surface area (TPSA) is 71.2 Å². The first-order valence-electron chi connectivity index (χ1n) is 8.81. The molecule has 2 aromatic heterocycles. The standard InChI is InChI=1S/C20H18F2N4O2/c21-20(22)12-25(11-17(27)15-4-2-1-3-5-15)19-24-16(10-18(28)26(19)13-20)14-6-8-23-9-7-14/h1-10,17,27H,11-13H2/t17-/m1/s1. The molecule has 1 aromatic carbocycles. The third-order valence-electron chi connectivity index (χ3n) is 4.64. The summed E-state index contributed by atoms with van der Waals surface area (Å²) < 4.78 is 29.5. The highest BCUT2D eigenvalue weighted by Gasteiger charge is 2.40. The number of benzene rings is 1. The van der Waals surface area contributed by atoms with E-state index in [1.165, 1.54) is 11.0 Å². The largest absolute Gasteiger partial charge is 0.387 e. The molecule has 0 amide bonds. The monoisotopic (exact) mass is 384 g/mol. The van der Waals surface area contributed by atoms with E-state index in [4.69, 9.17) is 0 Å². The number of hydrogen-bond acceptors (Lipinski definition) is 5. The van der Waals surface area contributed by atoms with Gasteiger partial charge in [-0.2, -0.15) is 0 Å². The van der Waals surface area contributed by atoms with E-state index in [9.17, 15) is 18.7 Å². The molecule has 0 fully saturated rings. The van der Waals surface area contributed by atoms with Crippen molar-refractivity contribution in [3.8, 4) is 11.3 Å². The fourth-order valence-electron chi connectivity index (χ4n) is 3.32. The summed E-state index contributed by atoms with van der Waals surface area (Å²) in [7, 11) is 0. The van der Waals surface area contributed by atoms with Crippen LogP contribution >= 0.6 is 0 Å². The Morgan fingerprint density at radius 2 is 1.82 bits per heavy atom. The summed E-state index contributed by atoms with van der Waals surface area (Å²) >= 11 is 0. The van der Waals surface area contributed by atoms with Gasteiger partial charge in [0.05, 0.1) is 31.4 Å². The first kappa shape index (κ1) is 18.2. The van der Waals surface area contributed by atoms with Gasteiger partial charge in [0, 0.05) is 24.0 Å². The van der Waals surface area contributed by atoms with Crippen molar-refractivity contribution < 1.29 is 13.9 Å². The second kappa shape index (κ2) is 7.12. The van der Waals surface area contributed by atoms with Crippen molar-refractivity contribution in [1.82, 2.24) is 14.5 Å². The molecule has 1 atom stereocenters. The minimum atomic E-state index is -3.10. The highest BCUT2D eigenvalue weighted by Crippen LogP contribution is 2.30. The molecule has 0 spiro atoms. The molecule has 0 radical (unpaired) electrons. The Bertz CT molecular complexity index is 1030. The molecule has 3 heterocycles.